The fourth-order valence-electron chi connectivity index (χ4n) is 2.60. The minimum atomic E-state index is -1.06. The molecule has 1 heterocycles. The average Bonchev–Trinajstić information content (AvgIpc) is 2.41. The van der Waals surface area contributed by atoms with Gasteiger partial charge >= 0.3 is 0 Å². The lowest BCUT2D eigenvalue weighted by Crippen LogP contribution is -2.49. The van der Waals surface area contributed by atoms with Crippen molar-refractivity contribution in [3.8, 4) is 0 Å². The summed E-state index contributed by atoms with van der Waals surface area (Å²) in [7, 11) is 1.89. The van der Waals surface area contributed by atoms with Crippen LogP contribution in [-0.4, -0.2) is 37.0 Å². The second-order valence-electron chi connectivity index (χ2n) is 5.01. The van der Waals surface area contributed by atoms with E-state index in [1.165, 1.54) is 12.1 Å². The Bertz CT molecular complexity index is 479. The number of hydrogen-bond acceptors (Lipinski definition) is 2. The average molecular weight is 268 g/mol. The first kappa shape index (κ1) is 13.9. The molecule has 104 valence electrons. The molecule has 0 spiro atoms. The van der Waals surface area contributed by atoms with E-state index >= 15 is 0 Å². The van der Waals surface area contributed by atoms with Gasteiger partial charge in [-0.1, -0.05) is 13.0 Å². The molecule has 2 rings (SSSR count). The number of likely N-dealkylation sites (tertiary alicyclic amines) is 1. The molecule has 1 amide bonds. The van der Waals surface area contributed by atoms with Crippen LogP contribution in [0.25, 0.3) is 0 Å². The van der Waals surface area contributed by atoms with Gasteiger partial charge in [0.2, 0.25) is 0 Å². The lowest BCUT2D eigenvalue weighted by molar-refractivity contribution is 0.0643. The van der Waals surface area contributed by atoms with Crippen LogP contribution in [0.15, 0.2) is 18.2 Å². The Morgan fingerprint density at radius 3 is 2.79 bits per heavy atom. The van der Waals surface area contributed by atoms with E-state index in [0.29, 0.717) is 25.0 Å². The molecule has 0 aromatic heterocycles. The molecule has 3 nitrogen and oxygen atoms in total. The van der Waals surface area contributed by atoms with E-state index in [4.69, 9.17) is 0 Å². The van der Waals surface area contributed by atoms with Crippen molar-refractivity contribution in [3.05, 3.63) is 35.4 Å². The van der Waals surface area contributed by atoms with Crippen LogP contribution in [-0.2, 0) is 0 Å². The number of piperidine rings is 1. The third kappa shape index (κ3) is 2.76. The molecule has 2 unspecified atom stereocenters. The summed E-state index contributed by atoms with van der Waals surface area (Å²) in [6, 6.07) is 4.06. The Kier molecular flexibility index (Phi) is 4.14. The summed E-state index contributed by atoms with van der Waals surface area (Å²) >= 11 is 0. The summed E-state index contributed by atoms with van der Waals surface area (Å²) in [5, 5.41) is 3.20. The minimum absolute atomic E-state index is 0.185. The maximum Gasteiger partial charge on any atom is 0.256 e. The molecule has 5 heteroatoms. The van der Waals surface area contributed by atoms with Gasteiger partial charge in [0.1, 0.15) is 0 Å². The number of amides is 1. The molecular weight excluding hydrogens is 250 g/mol. The van der Waals surface area contributed by atoms with Gasteiger partial charge in [0.25, 0.3) is 5.91 Å². The number of carbonyl (C=O) groups is 1. The first-order valence-corrected chi connectivity index (χ1v) is 6.45. The van der Waals surface area contributed by atoms with Crippen LogP contribution in [0.1, 0.15) is 23.7 Å². The summed E-state index contributed by atoms with van der Waals surface area (Å²) in [4.78, 5) is 13.8. The molecule has 0 radical (unpaired) electrons. The van der Waals surface area contributed by atoms with E-state index in [1.807, 2.05) is 14.0 Å². The minimum Gasteiger partial charge on any atom is -0.338 e. The van der Waals surface area contributed by atoms with Crippen LogP contribution in [0, 0.1) is 17.6 Å². The van der Waals surface area contributed by atoms with E-state index < -0.39 is 17.5 Å². The van der Waals surface area contributed by atoms with Gasteiger partial charge < -0.3 is 10.2 Å². The van der Waals surface area contributed by atoms with Crippen LogP contribution in [0.2, 0.25) is 0 Å². The fraction of sp³-hybridized carbons (Fsp3) is 0.500. The highest BCUT2D eigenvalue weighted by Crippen LogP contribution is 2.20. The van der Waals surface area contributed by atoms with Crippen molar-refractivity contribution in [1.29, 1.82) is 0 Å². The van der Waals surface area contributed by atoms with Crippen molar-refractivity contribution in [1.82, 2.24) is 10.2 Å². The van der Waals surface area contributed by atoms with E-state index in [2.05, 4.69) is 5.32 Å². The molecule has 19 heavy (non-hydrogen) atoms. The first-order chi connectivity index (χ1) is 9.04. The van der Waals surface area contributed by atoms with Gasteiger partial charge in [0.15, 0.2) is 11.6 Å². The van der Waals surface area contributed by atoms with Gasteiger partial charge in [0.05, 0.1) is 5.56 Å². The third-order valence-electron chi connectivity index (χ3n) is 3.75. The SMILES string of the molecule is CNC1CCN(C(=O)c2cccc(F)c2F)CC1C. The number of benzene rings is 1. The highest BCUT2D eigenvalue weighted by Gasteiger charge is 2.29. The Morgan fingerprint density at radius 2 is 2.16 bits per heavy atom. The number of nitrogens with zero attached hydrogens (tertiary/aromatic N) is 1. The Balaban J connectivity index is 2.15. The summed E-state index contributed by atoms with van der Waals surface area (Å²) in [6.45, 7) is 3.16. The molecule has 1 N–H and O–H groups in total. The molecule has 1 fully saturated rings. The summed E-state index contributed by atoms with van der Waals surface area (Å²) in [5.41, 5.74) is -0.185. The van der Waals surface area contributed by atoms with Gasteiger partial charge in [-0.3, -0.25) is 4.79 Å². The molecule has 1 aromatic rings. The molecule has 1 aliphatic heterocycles. The molecule has 1 aromatic carbocycles. The quantitative estimate of drug-likeness (QED) is 0.890. The zero-order valence-electron chi connectivity index (χ0n) is 11.1. The first-order valence-electron chi connectivity index (χ1n) is 6.45. The fourth-order valence-corrected chi connectivity index (χ4v) is 2.60. The van der Waals surface area contributed by atoms with E-state index in [1.54, 1.807) is 4.90 Å². The van der Waals surface area contributed by atoms with Crippen LogP contribution in [0.5, 0.6) is 0 Å². The Labute approximate surface area is 111 Å². The molecule has 1 saturated heterocycles. The molecule has 0 aliphatic carbocycles. The summed E-state index contributed by atoms with van der Waals surface area (Å²) in [6.07, 6.45) is 0.820. The number of halogens is 2. The number of carbonyl (C=O) groups excluding carboxylic acids is 1. The van der Waals surface area contributed by atoms with Crippen molar-refractivity contribution >= 4 is 5.91 Å². The zero-order chi connectivity index (χ0) is 14.0. The smallest absolute Gasteiger partial charge is 0.256 e. The molecule has 0 saturated carbocycles. The van der Waals surface area contributed by atoms with Gasteiger partial charge in [-0.05, 0) is 31.5 Å². The second-order valence-corrected chi connectivity index (χ2v) is 5.01. The van der Waals surface area contributed by atoms with Crippen molar-refractivity contribution in [2.45, 2.75) is 19.4 Å². The number of nitrogens with one attached hydrogen (secondary N) is 1. The number of rotatable bonds is 2. The maximum atomic E-state index is 13.6. The number of hydrogen-bond donors (Lipinski definition) is 1. The molecular formula is C14H18F2N2O. The lowest BCUT2D eigenvalue weighted by atomic mass is 9.93. The predicted molar refractivity (Wildman–Crippen MR) is 68.9 cm³/mol. The topological polar surface area (TPSA) is 32.3 Å². The zero-order valence-corrected chi connectivity index (χ0v) is 11.1. The molecule has 0 bridgehead atoms. The van der Waals surface area contributed by atoms with E-state index in [0.717, 1.165) is 12.5 Å². The van der Waals surface area contributed by atoms with Gasteiger partial charge in [-0.25, -0.2) is 8.78 Å². The Hall–Kier alpha value is -1.49. The molecule has 2 atom stereocenters. The van der Waals surface area contributed by atoms with Crippen LogP contribution in [0.3, 0.4) is 0 Å². The van der Waals surface area contributed by atoms with E-state index in [9.17, 15) is 13.6 Å². The third-order valence-corrected chi connectivity index (χ3v) is 3.75. The standard InChI is InChI=1S/C14H18F2N2O/c1-9-8-18(7-6-12(9)17-2)14(19)10-4-3-5-11(15)13(10)16/h3-5,9,12,17H,6-8H2,1-2H3. The highest BCUT2D eigenvalue weighted by molar-refractivity contribution is 5.94. The van der Waals surface area contributed by atoms with Crippen molar-refractivity contribution in [3.63, 3.8) is 0 Å². The predicted octanol–water partition coefficient (Wildman–Crippen LogP) is 2.03. The van der Waals surface area contributed by atoms with Crippen molar-refractivity contribution in [2.24, 2.45) is 5.92 Å². The highest BCUT2D eigenvalue weighted by atomic mass is 19.2. The van der Waals surface area contributed by atoms with Crippen molar-refractivity contribution < 1.29 is 13.6 Å². The van der Waals surface area contributed by atoms with E-state index in [-0.39, 0.29) is 5.56 Å². The monoisotopic (exact) mass is 268 g/mol. The Morgan fingerprint density at radius 1 is 1.42 bits per heavy atom. The largest absolute Gasteiger partial charge is 0.338 e. The van der Waals surface area contributed by atoms with Crippen LogP contribution < -0.4 is 5.32 Å². The van der Waals surface area contributed by atoms with Gasteiger partial charge in [-0.15, -0.1) is 0 Å². The van der Waals surface area contributed by atoms with Crippen molar-refractivity contribution in [2.75, 3.05) is 20.1 Å². The molecule has 1 aliphatic rings. The van der Waals surface area contributed by atoms with Crippen LogP contribution in [0.4, 0.5) is 8.78 Å². The maximum absolute atomic E-state index is 13.6. The van der Waals surface area contributed by atoms with Crippen LogP contribution >= 0.6 is 0 Å². The van der Waals surface area contributed by atoms with Gasteiger partial charge in [-0.2, -0.15) is 0 Å². The summed E-state index contributed by atoms with van der Waals surface area (Å²) in [5.74, 6) is -2.18. The van der Waals surface area contributed by atoms with Gasteiger partial charge in [0, 0.05) is 19.1 Å². The second kappa shape index (κ2) is 5.65. The summed E-state index contributed by atoms with van der Waals surface area (Å²) < 4.78 is 26.8. The normalized spacial score (nSPS) is 23.5. The lowest BCUT2D eigenvalue weighted by Gasteiger charge is -2.36.